The van der Waals surface area contributed by atoms with Gasteiger partial charge in [0.05, 0.1) is 12.0 Å². The second-order valence-electron chi connectivity index (χ2n) is 2.29. The standard InChI is InChI=1S/C6H10N2O5.2Na/c7-6(13)8-3(5(11)12)1-2-4(9)10;;/h3H,1-2H2,(H,9,10)(H,11,12)(H3,7,8,13);;/q;2*+1/p-2. The summed E-state index contributed by atoms with van der Waals surface area (Å²) in [6.45, 7) is 0. The van der Waals surface area contributed by atoms with Crippen LogP contribution < -0.4 is 80.4 Å². The van der Waals surface area contributed by atoms with E-state index in [2.05, 4.69) is 5.73 Å². The minimum absolute atomic E-state index is 0. The Morgan fingerprint density at radius 2 is 1.67 bits per heavy atom. The number of carboxylic acids is 2. The van der Waals surface area contributed by atoms with Gasteiger partial charge in [-0.05, 0) is 12.8 Å². The molecule has 0 saturated carbocycles. The average molecular weight is 234 g/mol. The van der Waals surface area contributed by atoms with Gasteiger partial charge in [0, 0.05) is 5.97 Å². The molecule has 7 nitrogen and oxygen atoms in total. The van der Waals surface area contributed by atoms with E-state index in [-0.39, 0.29) is 65.5 Å². The summed E-state index contributed by atoms with van der Waals surface area (Å²) in [6, 6.07) is -2.44. The van der Waals surface area contributed by atoms with Crippen LogP contribution in [0, 0.1) is 0 Å². The molecule has 0 heterocycles. The minimum atomic E-state index is -1.58. The number of primary amides is 1. The first kappa shape index (κ1) is 20.6. The average Bonchev–Trinajstić information content (AvgIpc) is 1.96. The van der Waals surface area contributed by atoms with Crippen LogP contribution in [0.5, 0.6) is 0 Å². The third-order valence-electron chi connectivity index (χ3n) is 1.24. The van der Waals surface area contributed by atoms with E-state index in [1.54, 1.807) is 0 Å². The summed E-state index contributed by atoms with van der Waals surface area (Å²) in [6.07, 6.45) is -0.799. The number of carboxylic acid groups (broad SMARTS) is 2. The van der Waals surface area contributed by atoms with Gasteiger partial charge in [-0.15, -0.1) is 0 Å². The predicted molar refractivity (Wildman–Crippen MR) is 35.8 cm³/mol. The van der Waals surface area contributed by atoms with Gasteiger partial charge in [-0.3, -0.25) is 0 Å². The van der Waals surface area contributed by atoms with Gasteiger partial charge in [0.25, 0.3) is 0 Å². The van der Waals surface area contributed by atoms with Crippen molar-refractivity contribution in [3.8, 4) is 0 Å². The van der Waals surface area contributed by atoms with Crippen molar-refractivity contribution >= 4 is 18.0 Å². The number of nitrogens with two attached hydrogens (primary N) is 1. The fourth-order valence-corrected chi connectivity index (χ4v) is 0.683. The second-order valence-corrected chi connectivity index (χ2v) is 2.29. The van der Waals surface area contributed by atoms with Crippen LogP contribution in [0.2, 0.25) is 0 Å². The Labute approximate surface area is 130 Å². The number of urea groups is 1. The van der Waals surface area contributed by atoms with Crippen molar-refractivity contribution in [1.29, 1.82) is 0 Å². The molecule has 0 rings (SSSR count). The van der Waals surface area contributed by atoms with Gasteiger partial charge in [0.2, 0.25) is 0 Å². The number of rotatable bonds is 5. The topological polar surface area (TPSA) is 135 Å². The summed E-state index contributed by atoms with van der Waals surface area (Å²) in [7, 11) is 0. The molecule has 0 fully saturated rings. The zero-order valence-corrected chi connectivity index (χ0v) is 12.6. The molecule has 0 aromatic heterocycles. The molecular formula is C6H8N2Na2O5. The van der Waals surface area contributed by atoms with Gasteiger partial charge in [-0.1, -0.05) is 0 Å². The summed E-state index contributed by atoms with van der Waals surface area (Å²) >= 11 is 0. The fourth-order valence-electron chi connectivity index (χ4n) is 0.683. The number of aliphatic carboxylic acids is 2. The van der Waals surface area contributed by atoms with E-state index in [1.165, 1.54) is 0 Å². The first-order valence-corrected chi connectivity index (χ1v) is 3.40. The van der Waals surface area contributed by atoms with Gasteiger partial charge in [-0.2, -0.15) is 0 Å². The smallest absolute Gasteiger partial charge is 0.550 e. The summed E-state index contributed by atoms with van der Waals surface area (Å²) in [5.41, 5.74) is 4.63. The van der Waals surface area contributed by atoms with Crippen LogP contribution in [-0.4, -0.2) is 24.0 Å². The largest absolute Gasteiger partial charge is 1.00 e. The van der Waals surface area contributed by atoms with Crippen LogP contribution in [0.25, 0.3) is 0 Å². The zero-order chi connectivity index (χ0) is 10.4. The maximum Gasteiger partial charge on any atom is 1.00 e. The molecule has 0 aromatic carbocycles. The van der Waals surface area contributed by atoms with Gasteiger partial charge < -0.3 is 30.9 Å². The molecule has 1 atom stereocenters. The number of hydrogen-bond acceptors (Lipinski definition) is 5. The molecule has 74 valence electrons. The molecule has 0 saturated heterocycles. The van der Waals surface area contributed by atoms with Crippen molar-refractivity contribution in [3.63, 3.8) is 0 Å². The monoisotopic (exact) mass is 234 g/mol. The Kier molecular flexibility index (Phi) is 14.7. The molecule has 0 aliphatic heterocycles. The third kappa shape index (κ3) is 12.1. The number of carbonyl (C=O) groups is 3. The van der Waals surface area contributed by atoms with E-state index < -0.39 is 30.4 Å². The molecule has 3 N–H and O–H groups in total. The Morgan fingerprint density at radius 3 is 1.93 bits per heavy atom. The van der Waals surface area contributed by atoms with E-state index in [0.29, 0.717) is 0 Å². The quantitative estimate of drug-likeness (QED) is 0.455. The van der Waals surface area contributed by atoms with Crippen molar-refractivity contribution < 1.29 is 83.7 Å². The van der Waals surface area contributed by atoms with Gasteiger partial charge >= 0.3 is 65.1 Å². The molecule has 0 bridgehead atoms. The van der Waals surface area contributed by atoms with Crippen molar-refractivity contribution in [1.82, 2.24) is 5.32 Å². The molecule has 1 unspecified atom stereocenters. The molecular weight excluding hydrogens is 226 g/mol. The minimum Gasteiger partial charge on any atom is -0.550 e. The normalized spacial score (nSPS) is 10.1. The van der Waals surface area contributed by atoms with Gasteiger partial charge in [0.1, 0.15) is 0 Å². The van der Waals surface area contributed by atoms with E-state index in [9.17, 15) is 24.6 Å². The Morgan fingerprint density at radius 1 is 1.20 bits per heavy atom. The maximum absolute atomic E-state index is 10.3. The summed E-state index contributed by atoms with van der Waals surface area (Å²) in [4.78, 5) is 30.4. The van der Waals surface area contributed by atoms with Crippen LogP contribution in [0.3, 0.4) is 0 Å². The summed E-state index contributed by atoms with van der Waals surface area (Å²) in [5, 5.41) is 22.0. The van der Waals surface area contributed by atoms with E-state index in [1.807, 2.05) is 5.32 Å². The van der Waals surface area contributed by atoms with Crippen molar-refractivity contribution in [3.05, 3.63) is 0 Å². The van der Waals surface area contributed by atoms with Gasteiger partial charge in [-0.25, -0.2) is 4.79 Å². The Bertz CT molecular complexity index is 236. The summed E-state index contributed by atoms with van der Waals surface area (Å²) in [5.74, 6) is -2.99. The molecule has 0 radical (unpaired) electrons. The number of nitrogens with one attached hydrogen (secondary N) is 1. The molecule has 2 amide bonds. The van der Waals surface area contributed by atoms with Crippen molar-refractivity contribution in [2.24, 2.45) is 5.73 Å². The van der Waals surface area contributed by atoms with E-state index >= 15 is 0 Å². The van der Waals surface area contributed by atoms with Crippen LogP contribution in [0.1, 0.15) is 12.8 Å². The SMILES string of the molecule is NC(=O)NC(CCC(=O)[O-])C(=O)[O-].[Na+].[Na+]. The first-order chi connectivity index (χ1) is 5.93. The van der Waals surface area contributed by atoms with Crippen LogP contribution in [0.4, 0.5) is 4.79 Å². The molecule has 0 aliphatic rings. The molecule has 0 aliphatic carbocycles. The van der Waals surface area contributed by atoms with Gasteiger partial charge in [0.15, 0.2) is 0 Å². The van der Waals surface area contributed by atoms with E-state index in [4.69, 9.17) is 0 Å². The zero-order valence-electron chi connectivity index (χ0n) is 8.61. The number of carbonyl (C=O) groups excluding carboxylic acids is 3. The summed E-state index contributed by atoms with van der Waals surface area (Å²) < 4.78 is 0. The van der Waals surface area contributed by atoms with Crippen LogP contribution in [0.15, 0.2) is 0 Å². The Hall–Kier alpha value is 0.210. The Balaban J connectivity index is -0.000000720. The first-order valence-electron chi connectivity index (χ1n) is 3.40. The van der Waals surface area contributed by atoms with Crippen LogP contribution >= 0.6 is 0 Å². The molecule has 0 spiro atoms. The molecule has 9 heteroatoms. The predicted octanol–water partition coefficient (Wildman–Crippen LogP) is -9.69. The number of hydrogen-bond donors (Lipinski definition) is 2. The van der Waals surface area contributed by atoms with Crippen molar-refractivity contribution in [2.45, 2.75) is 18.9 Å². The molecule has 0 aromatic rings. The third-order valence-corrected chi connectivity index (χ3v) is 1.24. The van der Waals surface area contributed by atoms with Crippen molar-refractivity contribution in [2.75, 3.05) is 0 Å². The van der Waals surface area contributed by atoms with E-state index in [0.717, 1.165) is 0 Å². The van der Waals surface area contributed by atoms with Crippen LogP contribution in [-0.2, 0) is 9.59 Å². The maximum atomic E-state index is 10.3. The number of amides is 2. The fraction of sp³-hybridized carbons (Fsp3) is 0.500. The second kappa shape index (κ2) is 10.7. The molecule has 15 heavy (non-hydrogen) atoms.